The number of anilines is 1. The molecule has 0 spiro atoms. The predicted molar refractivity (Wildman–Crippen MR) is 88.1 cm³/mol. The van der Waals surface area contributed by atoms with Gasteiger partial charge in [0, 0.05) is 11.2 Å². The van der Waals surface area contributed by atoms with E-state index in [1.54, 1.807) is 31.2 Å². The molecule has 0 radical (unpaired) electrons. The van der Waals surface area contributed by atoms with Crippen LogP contribution in [0.15, 0.2) is 45.7 Å². The number of hydrogen-bond donors (Lipinski definition) is 1. The number of hydrogen-bond acceptors (Lipinski definition) is 4. The van der Waals surface area contributed by atoms with Gasteiger partial charge in [0.2, 0.25) is 5.91 Å². The first-order chi connectivity index (χ1) is 11.0. The van der Waals surface area contributed by atoms with Gasteiger partial charge in [-0.2, -0.15) is 0 Å². The summed E-state index contributed by atoms with van der Waals surface area (Å²) in [6, 6.07) is 7.13. The number of fused-ring (bicyclic) bond motifs is 1. The number of halogens is 2. The fourth-order valence-corrected chi connectivity index (χ4v) is 2.50. The second-order valence-electron chi connectivity index (χ2n) is 4.85. The van der Waals surface area contributed by atoms with Gasteiger partial charge < -0.3 is 9.73 Å². The highest BCUT2D eigenvalue weighted by atomic mass is 35.5. The lowest BCUT2D eigenvalue weighted by molar-refractivity contribution is -0.118. The van der Waals surface area contributed by atoms with Crippen molar-refractivity contribution in [3.63, 3.8) is 0 Å². The van der Waals surface area contributed by atoms with Gasteiger partial charge in [-0.15, -0.1) is 0 Å². The first kappa shape index (κ1) is 15.6. The summed E-state index contributed by atoms with van der Waals surface area (Å²) in [4.78, 5) is 28.5. The number of benzene rings is 1. The molecule has 1 N–H and O–H groups in total. The van der Waals surface area contributed by atoms with Crippen LogP contribution in [0.4, 0.5) is 5.69 Å². The third-order valence-electron chi connectivity index (χ3n) is 3.33. The Kier molecular flexibility index (Phi) is 4.11. The molecule has 0 fully saturated rings. The highest BCUT2D eigenvalue weighted by Crippen LogP contribution is 2.26. The molecule has 3 aromatic rings. The molecule has 6 nitrogen and oxygen atoms in total. The Balaban J connectivity index is 1.94. The summed E-state index contributed by atoms with van der Waals surface area (Å²) in [5.74, 6) is -1.09. The molecule has 0 saturated carbocycles. The quantitative estimate of drug-likeness (QED) is 0.783. The zero-order chi connectivity index (χ0) is 16.6. The maximum atomic E-state index is 12.4. The molecule has 1 amide bonds. The molecule has 118 valence electrons. The molecule has 23 heavy (non-hydrogen) atoms. The maximum absolute atomic E-state index is 12.4. The Morgan fingerprint density at radius 1 is 1.35 bits per heavy atom. The minimum Gasteiger partial charge on any atom is -0.406 e. The molecule has 1 atom stereocenters. The summed E-state index contributed by atoms with van der Waals surface area (Å²) in [6.45, 7) is 1.57. The smallest absolute Gasteiger partial charge is 0.406 e. The molecular weight excluding hydrogens is 341 g/mol. The summed E-state index contributed by atoms with van der Waals surface area (Å²) in [7, 11) is 0. The van der Waals surface area contributed by atoms with Gasteiger partial charge in [-0.1, -0.05) is 23.2 Å². The molecule has 3 rings (SSSR count). The van der Waals surface area contributed by atoms with Crippen LogP contribution in [0.2, 0.25) is 10.0 Å². The van der Waals surface area contributed by atoms with E-state index in [0.717, 1.165) is 0 Å². The van der Waals surface area contributed by atoms with Crippen molar-refractivity contribution in [1.82, 2.24) is 9.55 Å². The van der Waals surface area contributed by atoms with Gasteiger partial charge in [-0.05, 0) is 37.3 Å². The first-order valence-corrected chi connectivity index (χ1v) is 7.45. The Labute approximate surface area is 140 Å². The Morgan fingerprint density at radius 3 is 2.91 bits per heavy atom. The van der Waals surface area contributed by atoms with Crippen molar-refractivity contribution in [3.8, 4) is 0 Å². The van der Waals surface area contributed by atoms with Crippen LogP contribution >= 0.6 is 23.2 Å². The molecule has 0 aliphatic heterocycles. The van der Waals surface area contributed by atoms with Crippen molar-refractivity contribution in [1.29, 1.82) is 0 Å². The van der Waals surface area contributed by atoms with Crippen LogP contribution in [0.25, 0.3) is 11.2 Å². The molecular formula is C15H11Cl2N3O3. The second-order valence-corrected chi connectivity index (χ2v) is 5.70. The van der Waals surface area contributed by atoms with Crippen LogP contribution in [-0.2, 0) is 4.79 Å². The normalized spacial score (nSPS) is 12.3. The van der Waals surface area contributed by atoms with Gasteiger partial charge >= 0.3 is 5.76 Å². The predicted octanol–water partition coefficient (Wildman–Crippen LogP) is 3.50. The zero-order valence-electron chi connectivity index (χ0n) is 11.9. The van der Waals surface area contributed by atoms with Crippen LogP contribution in [0.1, 0.15) is 13.0 Å². The standard InChI is InChI=1S/C15H11Cl2N3O3/c1-8(14(21)19-11-7-9(16)4-5-10(11)17)20-13-12(23-15(20)22)3-2-6-18-13/h2-8H,1H3,(H,19,21). The summed E-state index contributed by atoms with van der Waals surface area (Å²) < 4.78 is 6.26. The van der Waals surface area contributed by atoms with Crippen LogP contribution in [0.3, 0.4) is 0 Å². The van der Waals surface area contributed by atoms with Gasteiger partial charge in [-0.25, -0.2) is 14.3 Å². The number of nitrogens with one attached hydrogen (secondary N) is 1. The van der Waals surface area contributed by atoms with E-state index in [0.29, 0.717) is 27.0 Å². The average molecular weight is 352 g/mol. The third-order valence-corrected chi connectivity index (χ3v) is 3.89. The van der Waals surface area contributed by atoms with E-state index in [9.17, 15) is 9.59 Å². The molecule has 2 aromatic heterocycles. The number of amides is 1. The van der Waals surface area contributed by atoms with Crippen molar-refractivity contribution in [2.45, 2.75) is 13.0 Å². The SMILES string of the molecule is CC(C(=O)Nc1cc(Cl)ccc1Cl)n1c(=O)oc2cccnc21. The fraction of sp³-hybridized carbons (Fsp3) is 0.133. The molecule has 2 heterocycles. The molecule has 8 heteroatoms. The molecule has 0 bridgehead atoms. The lowest BCUT2D eigenvalue weighted by atomic mass is 10.2. The van der Waals surface area contributed by atoms with Crippen molar-refractivity contribution >= 4 is 46.0 Å². The fourth-order valence-electron chi connectivity index (χ4n) is 2.16. The Morgan fingerprint density at radius 2 is 2.13 bits per heavy atom. The van der Waals surface area contributed by atoms with E-state index in [1.165, 1.54) is 16.8 Å². The third kappa shape index (κ3) is 2.95. The van der Waals surface area contributed by atoms with E-state index >= 15 is 0 Å². The number of oxazole rings is 1. The van der Waals surface area contributed by atoms with Crippen molar-refractivity contribution in [3.05, 3.63) is 57.1 Å². The number of nitrogens with zero attached hydrogens (tertiary/aromatic N) is 2. The van der Waals surface area contributed by atoms with Crippen LogP contribution in [0, 0.1) is 0 Å². The second kappa shape index (κ2) is 6.06. The van der Waals surface area contributed by atoms with Crippen LogP contribution < -0.4 is 11.1 Å². The molecule has 0 saturated heterocycles. The monoisotopic (exact) mass is 351 g/mol. The van der Waals surface area contributed by atoms with E-state index in [2.05, 4.69) is 10.3 Å². The molecule has 1 unspecified atom stereocenters. The minimum atomic E-state index is -0.839. The number of pyridine rings is 1. The number of carbonyl (C=O) groups is 1. The first-order valence-electron chi connectivity index (χ1n) is 6.69. The summed E-state index contributed by atoms with van der Waals surface area (Å²) >= 11 is 11.9. The van der Waals surface area contributed by atoms with Crippen molar-refractivity contribution in [2.75, 3.05) is 5.32 Å². The van der Waals surface area contributed by atoms with Crippen LogP contribution in [-0.4, -0.2) is 15.5 Å². The Bertz CT molecular complexity index is 949. The minimum absolute atomic E-state index is 0.303. The van der Waals surface area contributed by atoms with Gasteiger partial charge in [0.25, 0.3) is 0 Å². The van der Waals surface area contributed by atoms with E-state index < -0.39 is 17.7 Å². The molecule has 1 aromatic carbocycles. The van der Waals surface area contributed by atoms with Crippen molar-refractivity contribution < 1.29 is 9.21 Å². The van der Waals surface area contributed by atoms with E-state index in [4.69, 9.17) is 27.6 Å². The summed E-state index contributed by atoms with van der Waals surface area (Å²) in [5.41, 5.74) is 0.986. The molecule has 0 aliphatic carbocycles. The number of rotatable bonds is 3. The number of carbonyl (C=O) groups excluding carboxylic acids is 1. The van der Waals surface area contributed by atoms with E-state index in [1.807, 2.05) is 0 Å². The van der Waals surface area contributed by atoms with Gasteiger partial charge in [0.1, 0.15) is 6.04 Å². The molecule has 0 aliphatic rings. The lowest BCUT2D eigenvalue weighted by Gasteiger charge is -2.13. The van der Waals surface area contributed by atoms with Crippen molar-refractivity contribution in [2.24, 2.45) is 0 Å². The van der Waals surface area contributed by atoms with Gasteiger partial charge in [-0.3, -0.25) is 4.79 Å². The average Bonchev–Trinajstić information content (AvgIpc) is 2.86. The Hall–Kier alpha value is -2.31. The number of aromatic nitrogens is 2. The maximum Gasteiger partial charge on any atom is 0.421 e. The largest absolute Gasteiger partial charge is 0.421 e. The van der Waals surface area contributed by atoms with Crippen LogP contribution in [0.5, 0.6) is 0 Å². The van der Waals surface area contributed by atoms with E-state index in [-0.39, 0.29) is 0 Å². The zero-order valence-corrected chi connectivity index (χ0v) is 13.4. The van der Waals surface area contributed by atoms with Gasteiger partial charge in [0.15, 0.2) is 11.2 Å². The highest BCUT2D eigenvalue weighted by Gasteiger charge is 2.22. The van der Waals surface area contributed by atoms with Gasteiger partial charge in [0.05, 0.1) is 10.7 Å². The lowest BCUT2D eigenvalue weighted by Crippen LogP contribution is -2.29. The summed E-state index contributed by atoms with van der Waals surface area (Å²) in [5, 5.41) is 3.43. The highest BCUT2D eigenvalue weighted by molar-refractivity contribution is 6.35. The topological polar surface area (TPSA) is 77.1 Å². The summed E-state index contributed by atoms with van der Waals surface area (Å²) in [6.07, 6.45) is 1.52.